The van der Waals surface area contributed by atoms with Crippen molar-refractivity contribution >= 4 is 5.97 Å². The van der Waals surface area contributed by atoms with Crippen LogP contribution in [-0.2, 0) is 9.53 Å². The summed E-state index contributed by atoms with van der Waals surface area (Å²) in [5.41, 5.74) is 0. The summed E-state index contributed by atoms with van der Waals surface area (Å²) >= 11 is 0. The van der Waals surface area contributed by atoms with E-state index in [1.807, 2.05) is 6.92 Å². The second-order valence-corrected chi connectivity index (χ2v) is 3.96. The number of hydrogen-bond acceptors (Lipinski definition) is 3. The molecule has 0 aromatic rings. The topological polar surface area (TPSA) is 46.5 Å². The third-order valence-corrected chi connectivity index (χ3v) is 2.89. The Bertz CT molecular complexity index is 179. The van der Waals surface area contributed by atoms with E-state index in [0.29, 0.717) is 18.9 Å². The molecule has 3 heteroatoms. The van der Waals surface area contributed by atoms with Gasteiger partial charge in [0.15, 0.2) is 0 Å². The highest BCUT2D eigenvalue weighted by Gasteiger charge is 2.23. The molecule has 1 aliphatic carbocycles. The van der Waals surface area contributed by atoms with E-state index >= 15 is 0 Å². The number of ether oxygens (including phenoxy) is 1. The maximum atomic E-state index is 11.1. The molecule has 1 saturated carbocycles. The van der Waals surface area contributed by atoms with Gasteiger partial charge in [0.2, 0.25) is 0 Å². The smallest absolute Gasteiger partial charge is 0.305 e. The molecule has 1 N–H and O–H groups in total. The monoisotopic (exact) mass is 200 g/mol. The average Bonchev–Trinajstić information content (AvgIpc) is 2.17. The minimum absolute atomic E-state index is 0.134. The third-order valence-electron chi connectivity index (χ3n) is 2.89. The van der Waals surface area contributed by atoms with E-state index in [-0.39, 0.29) is 12.1 Å². The largest absolute Gasteiger partial charge is 0.466 e. The van der Waals surface area contributed by atoms with Crippen LogP contribution < -0.4 is 0 Å². The predicted molar refractivity (Wildman–Crippen MR) is 53.8 cm³/mol. The molecule has 1 rings (SSSR count). The molecule has 0 aromatic heterocycles. The molecule has 0 spiro atoms. The standard InChI is InChI=1S/C11H20O3/c1-2-14-11(13)8-7-9-5-3-4-6-10(9)12/h9-10,12H,2-8H2,1H3/t9-,10+/m0/s1. The van der Waals surface area contributed by atoms with Crippen molar-refractivity contribution in [1.29, 1.82) is 0 Å². The lowest BCUT2D eigenvalue weighted by atomic mass is 9.84. The number of aliphatic hydroxyl groups is 1. The molecule has 1 fully saturated rings. The highest BCUT2D eigenvalue weighted by atomic mass is 16.5. The van der Waals surface area contributed by atoms with Crippen LogP contribution in [0.2, 0.25) is 0 Å². The van der Waals surface area contributed by atoms with Gasteiger partial charge in [-0.25, -0.2) is 0 Å². The Morgan fingerprint density at radius 3 is 2.79 bits per heavy atom. The van der Waals surface area contributed by atoms with Crippen molar-refractivity contribution in [3.63, 3.8) is 0 Å². The van der Waals surface area contributed by atoms with Gasteiger partial charge in [-0.3, -0.25) is 4.79 Å². The first-order valence-corrected chi connectivity index (χ1v) is 5.57. The number of aliphatic hydroxyl groups excluding tert-OH is 1. The summed E-state index contributed by atoms with van der Waals surface area (Å²) in [6.45, 7) is 2.26. The van der Waals surface area contributed by atoms with Crippen LogP contribution in [0.3, 0.4) is 0 Å². The fraction of sp³-hybridized carbons (Fsp3) is 0.909. The van der Waals surface area contributed by atoms with Crippen molar-refractivity contribution in [3.05, 3.63) is 0 Å². The maximum absolute atomic E-state index is 11.1. The Labute approximate surface area is 85.5 Å². The van der Waals surface area contributed by atoms with Gasteiger partial charge in [0.25, 0.3) is 0 Å². The van der Waals surface area contributed by atoms with Crippen LogP contribution >= 0.6 is 0 Å². The van der Waals surface area contributed by atoms with Crippen molar-refractivity contribution < 1.29 is 14.6 Å². The molecule has 0 radical (unpaired) electrons. The Hall–Kier alpha value is -0.570. The first-order valence-electron chi connectivity index (χ1n) is 5.57. The van der Waals surface area contributed by atoms with E-state index in [1.54, 1.807) is 0 Å². The number of rotatable bonds is 4. The van der Waals surface area contributed by atoms with Crippen molar-refractivity contribution in [3.8, 4) is 0 Å². The molecule has 0 amide bonds. The van der Waals surface area contributed by atoms with Crippen LogP contribution in [0.15, 0.2) is 0 Å². The minimum Gasteiger partial charge on any atom is -0.466 e. The molecular weight excluding hydrogens is 180 g/mol. The van der Waals surface area contributed by atoms with E-state index in [0.717, 1.165) is 25.7 Å². The van der Waals surface area contributed by atoms with Gasteiger partial charge < -0.3 is 9.84 Å². The van der Waals surface area contributed by atoms with Crippen LogP contribution in [0.4, 0.5) is 0 Å². The van der Waals surface area contributed by atoms with E-state index in [2.05, 4.69) is 0 Å². The lowest BCUT2D eigenvalue weighted by molar-refractivity contribution is -0.143. The molecule has 0 aromatic carbocycles. The molecule has 82 valence electrons. The third kappa shape index (κ3) is 3.66. The van der Waals surface area contributed by atoms with Crippen LogP contribution in [0.25, 0.3) is 0 Å². The van der Waals surface area contributed by atoms with Gasteiger partial charge in [-0.15, -0.1) is 0 Å². The van der Waals surface area contributed by atoms with Crippen molar-refractivity contribution in [1.82, 2.24) is 0 Å². The summed E-state index contributed by atoms with van der Waals surface area (Å²) in [5, 5.41) is 9.66. The lowest BCUT2D eigenvalue weighted by Crippen LogP contribution is -2.25. The second-order valence-electron chi connectivity index (χ2n) is 3.96. The maximum Gasteiger partial charge on any atom is 0.305 e. The van der Waals surface area contributed by atoms with Gasteiger partial charge in [0.1, 0.15) is 0 Å². The highest BCUT2D eigenvalue weighted by molar-refractivity contribution is 5.69. The molecule has 0 heterocycles. The van der Waals surface area contributed by atoms with Crippen molar-refractivity contribution in [2.24, 2.45) is 5.92 Å². The van der Waals surface area contributed by atoms with Gasteiger partial charge in [0.05, 0.1) is 12.7 Å². The fourth-order valence-electron chi connectivity index (χ4n) is 2.06. The van der Waals surface area contributed by atoms with E-state index in [1.165, 1.54) is 6.42 Å². The van der Waals surface area contributed by atoms with Crippen LogP contribution in [0.5, 0.6) is 0 Å². The van der Waals surface area contributed by atoms with Crippen LogP contribution in [-0.4, -0.2) is 23.8 Å². The summed E-state index contributed by atoms with van der Waals surface area (Å²) in [6.07, 6.45) is 5.30. The zero-order valence-electron chi connectivity index (χ0n) is 8.87. The number of hydrogen-bond donors (Lipinski definition) is 1. The minimum atomic E-state index is -0.196. The summed E-state index contributed by atoms with van der Waals surface area (Å²) in [5.74, 6) is 0.179. The Kier molecular flexibility index (Phi) is 4.94. The lowest BCUT2D eigenvalue weighted by Gasteiger charge is -2.27. The van der Waals surface area contributed by atoms with E-state index in [4.69, 9.17) is 4.74 Å². The molecule has 1 aliphatic rings. The zero-order valence-corrected chi connectivity index (χ0v) is 8.87. The summed E-state index contributed by atoms with van der Waals surface area (Å²) in [4.78, 5) is 11.1. The van der Waals surface area contributed by atoms with Crippen LogP contribution in [0.1, 0.15) is 45.4 Å². The van der Waals surface area contributed by atoms with Gasteiger partial charge in [-0.05, 0) is 32.1 Å². The predicted octanol–water partition coefficient (Wildman–Crippen LogP) is 1.88. The van der Waals surface area contributed by atoms with Crippen molar-refractivity contribution in [2.45, 2.75) is 51.6 Å². The van der Waals surface area contributed by atoms with Crippen molar-refractivity contribution in [2.75, 3.05) is 6.61 Å². The molecule has 3 nitrogen and oxygen atoms in total. The molecule has 0 bridgehead atoms. The summed E-state index contributed by atoms with van der Waals surface area (Å²) in [6, 6.07) is 0. The Morgan fingerprint density at radius 1 is 1.43 bits per heavy atom. The number of carbonyl (C=O) groups is 1. The Morgan fingerprint density at radius 2 is 2.14 bits per heavy atom. The van der Waals surface area contributed by atoms with Gasteiger partial charge in [-0.1, -0.05) is 12.8 Å². The van der Waals surface area contributed by atoms with E-state index < -0.39 is 0 Å². The zero-order chi connectivity index (χ0) is 10.4. The molecule has 0 saturated heterocycles. The van der Waals surface area contributed by atoms with E-state index in [9.17, 15) is 9.90 Å². The Balaban J connectivity index is 2.19. The first kappa shape index (κ1) is 11.5. The normalized spacial score (nSPS) is 27.3. The van der Waals surface area contributed by atoms with Gasteiger partial charge in [0, 0.05) is 6.42 Å². The molecule has 0 unspecified atom stereocenters. The first-order chi connectivity index (χ1) is 6.74. The molecular formula is C11H20O3. The van der Waals surface area contributed by atoms with Crippen LogP contribution in [0, 0.1) is 5.92 Å². The van der Waals surface area contributed by atoms with Gasteiger partial charge >= 0.3 is 5.97 Å². The quantitative estimate of drug-likeness (QED) is 0.705. The molecule has 0 aliphatic heterocycles. The SMILES string of the molecule is CCOC(=O)CC[C@@H]1CCCC[C@H]1O. The molecule has 2 atom stereocenters. The average molecular weight is 200 g/mol. The van der Waals surface area contributed by atoms with Gasteiger partial charge in [-0.2, -0.15) is 0 Å². The fourth-order valence-corrected chi connectivity index (χ4v) is 2.06. The summed E-state index contributed by atoms with van der Waals surface area (Å²) < 4.78 is 4.85. The highest BCUT2D eigenvalue weighted by Crippen LogP contribution is 2.27. The number of carbonyl (C=O) groups excluding carboxylic acids is 1. The number of esters is 1. The molecule has 14 heavy (non-hydrogen) atoms. The second kappa shape index (κ2) is 6.02. The summed E-state index contributed by atoms with van der Waals surface area (Å²) in [7, 11) is 0.